The molecular weight excluding hydrogens is 272 g/mol. The van der Waals surface area contributed by atoms with Gasteiger partial charge < -0.3 is 4.74 Å². The largest absolute Gasteiger partial charge is 0.379 e. The van der Waals surface area contributed by atoms with Gasteiger partial charge in [-0.3, -0.25) is 9.80 Å². The van der Waals surface area contributed by atoms with Crippen LogP contribution in [0.2, 0.25) is 0 Å². The van der Waals surface area contributed by atoms with Crippen molar-refractivity contribution in [1.29, 1.82) is 0 Å². The molecule has 1 aliphatic carbocycles. The summed E-state index contributed by atoms with van der Waals surface area (Å²) in [5, 5.41) is 0. The Kier molecular flexibility index (Phi) is 7.03. The average molecular weight is 309 g/mol. The number of hydrogen-bond acceptors (Lipinski definition) is 3. The summed E-state index contributed by atoms with van der Waals surface area (Å²) in [4.78, 5) is 5.68. The summed E-state index contributed by atoms with van der Waals surface area (Å²) < 4.78 is 5.60. The summed E-state index contributed by atoms with van der Waals surface area (Å²) in [7, 11) is 0. The fourth-order valence-electron chi connectivity index (χ4n) is 4.75. The van der Waals surface area contributed by atoms with Crippen LogP contribution in [0.4, 0.5) is 0 Å². The first kappa shape index (κ1) is 16.7. The molecule has 0 radical (unpaired) electrons. The van der Waals surface area contributed by atoms with Crippen LogP contribution in [0.15, 0.2) is 0 Å². The molecule has 0 aromatic rings. The quantitative estimate of drug-likeness (QED) is 0.766. The Morgan fingerprint density at radius 2 is 1.18 bits per heavy atom. The first-order valence-corrected chi connectivity index (χ1v) is 10.0. The van der Waals surface area contributed by atoms with E-state index in [0.717, 1.165) is 32.3 Å². The highest BCUT2D eigenvalue weighted by atomic mass is 16.5. The van der Waals surface area contributed by atoms with E-state index in [1.807, 2.05) is 0 Å². The van der Waals surface area contributed by atoms with E-state index < -0.39 is 0 Å². The molecule has 0 aromatic heterocycles. The van der Waals surface area contributed by atoms with Gasteiger partial charge in [-0.25, -0.2) is 0 Å². The van der Waals surface area contributed by atoms with Crippen molar-refractivity contribution in [3.05, 3.63) is 0 Å². The van der Waals surface area contributed by atoms with Crippen molar-refractivity contribution >= 4 is 0 Å². The molecule has 0 bridgehead atoms. The van der Waals surface area contributed by atoms with Crippen LogP contribution in [0.3, 0.4) is 0 Å². The number of likely N-dealkylation sites (tertiary alicyclic amines) is 1. The molecule has 3 nitrogen and oxygen atoms in total. The van der Waals surface area contributed by atoms with Crippen LogP contribution in [0.25, 0.3) is 0 Å². The lowest BCUT2D eigenvalue weighted by Gasteiger charge is -2.46. The number of ether oxygens (including phenoxy) is 1. The van der Waals surface area contributed by atoms with Crippen molar-refractivity contribution in [2.24, 2.45) is 0 Å². The fraction of sp³-hybridized carbons (Fsp3) is 1.00. The molecule has 3 aliphatic rings. The summed E-state index contributed by atoms with van der Waals surface area (Å²) in [6.45, 7) is 5.51. The van der Waals surface area contributed by atoms with E-state index >= 15 is 0 Å². The smallest absolute Gasteiger partial charge is 0.0626 e. The summed E-state index contributed by atoms with van der Waals surface area (Å²) in [5.41, 5.74) is 0. The van der Waals surface area contributed by atoms with Crippen molar-refractivity contribution < 1.29 is 4.74 Å². The molecule has 0 spiro atoms. The van der Waals surface area contributed by atoms with E-state index in [2.05, 4.69) is 9.80 Å². The van der Waals surface area contributed by atoms with Crippen LogP contribution < -0.4 is 0 Å². The zero-order valence-corrected chi connectivity index (χ0v) is 14.5. The monoisotopic (exact) mass is 308 g/mol. The van der Waals surface area contributed by atoms with Gasteiger partial charge in [0.05, 0.1) is 19.4 Å². The normalized spacial score (nSPS) is 31.9. The van der Waals surface area contributed by atoms with Crippen molar-refractivity contribution in [1.82, 2.24) is 9.80 Å². The highest BCUT2D eigenvalue weighted by Crippen LogP contribution is 2.28. The van der Waals surface area contributed by atoms with Gasteiger partial charge in [-0.15, -0.1) is 0 Å². The Balaban J connectivity index is 1.68. The second-order valence-electron chi connectivity index (χ2n) is 7.57. The lowest BCUT2D eigenvalue weighted by molar-refractivity contribution is -0.0580. The maximum absolute atomic E-state index is 5.60. The minimum Gasteiger partial charge on any atom is -0.379 e. The molecule has 22 heavy (non-hydrogen) atoms. The molecule has 128 valence electrons. The van der Waals surface area contributed by atoms with E-state index in [1.165, 1.54) is 83.6 Å². The number of rotatable bonds is 2. The molecule has 1 atom stereocenters. The van der Waals surface area contributed by atoms with Gasteiger partial charge in [0.1, 0.15) is 0 Å². The van der Waals surface area contributed by atoms with Crippen LogP contribution in [0.1, 0.15) is 77.0 Å². The minimum absolute atomic E-state index is 0.702. The van der Waals surface area contributed by atoms with E-state index in [9.17, 15) is 0 Å². The molecular formula is C19H36N2O. The third-order valence-corrected chi connectivity index (χ3v) is 6.02. The Morgan fingerprint density at radius 1 is 0.591 bits per heavy atom. The van der Waals surface area contributed by atoms with Crippen LogP contribution in [0.5, 0.6) is 0 Å². The van der Waals surface area contributed by atoms with Gasteiger partial charge >= 0.3 is 0 Å². The molecule has 2 heterocycles. The molecule has 3 heteroatoms. The second kappa shape index (κ2) is 9.24. The summed E-state index contributed by atoms with van der Waals surface area (Å²) >= 11 is 0. The van der Waals surface area contributed by atoms with Crippen LogP contribution >= 0.6 is 0 Å². The summed E-state index contributed by atoms with van der Waals surface area (Å²) in [5.74, 6) is 0. The van der Waals surface area contributed by atoms with Gasteiger partial charge in [0.15, 0.2) is 0 Å². The van der Waals surface area contributed by atoms with Crippen molar-refractivity contribution in [3.8, 4) is 0 Å². The first-order chi connectivity index (χ1) is 10.9. The van der Waals surface area contributed by atoms with Gasteiger partial charge in [-0.1, -0.05) is 51.4 Å². The van der Waals surface area contributed by atoms with Gasteiger partial charge in [0.2, 0.25) is 0 Å². The maximum Gasteiger partial charge on any atom is 0.0626 e. The Bertz CT molecular complexity index is 296. The van der Waals surface area contributed by atoms with Gasteiger partial charge in [-0.05, 0) is 32.2 Å². The van der Waals surface area contributed by atoms with E-state index in [-0.39, 0.29) is 0 Å². The highest BCUT2D eigenvalue weighted by molar-refractivity contribution is 4.83. The molecule has 1 unspecified atom stereocenters. The lowest BCUT2D eigenvalue weighted by Crippen LogP contribution is -2.56. The van der Waals surface area contributed by atoms with Crippen LogP contribution in [-0.4, -0.2) is 54.9 Å². The average Bonchev–Trinajstić information content (AvgIpc) is 2.49. The Hall–Kier alpha value is -0.120. The molecule has 0 amide bonds. The standard InChI is InChI=1S/C19H36N2O/c1-2-6-10-18(11-7-3-1)21-13-9-5-4-8-12-19(21)20-14-16-22-17-15-20/h18-19H,1-17H2. The zero-order chi connectivity index (χ0) is 15.0. The van der Waals surface area contributed by atoms with Crippen LogP contribution in [0, 0.1) is 0 Å². The molecule has 0 N–H and O–H groups in total. The van der Waals surface area contributed by atoms with Crippen molar-refractivity contribution in [2.45, 2.75) is 89.3 Å². The van der Waals surface area contributed by atoms with Gasteiger partial charge in [0, 0.05) is 19.1 Å². The Morgan fingerprint density at radius 3 is 1.91 bits per heavy atom. The van der Waals surface area contributed by atoms with E-state index in [4.69, 9.17) is 4.74 Å². The van der Waals surface area contributed by atoms with E-state index in [1.54, 1.807) is 0 Å². The molecule has 0 aromatic carbocycles. The number of nitrogens with zero attached hydrogens (tertiary/aromatic N) is 2. The predicted molar refractivity (Wildman–Crippen MR) is 92.1 cm³/mol. The summed E-state index contributed by atoms with van der Waals surface area (Å²) in [6.07, 6.45) is 18.0. The maximum atomic E-state index is 5.60. The topological polar surface area (TPSA) is 15.7 Å². The molecule has 3 rings (SSSR count). The van der Waals surface area contributed by atoms with E-state index in [0.29, 0.717) is 6.17 Å². The third kappa shape index (κ3) is 4.69. The van der Waals surface area contributed by atoms with Crippen molar-refractivity contribution in [3.63, 3.8) is 0 Å². The summed E-state index contributed by atoms with van der Waals surface area (Å²) in [6, 6.07) is 0.853. The zero-order valence-electron chi connectivity index (χ0n) is 14.5. The molecule has 1 saturated carbocycles. The Labute approximate surface area is 137 Å². The van der Waals surface area contributed by atoms with Crippen molar-refractivity contribution in [2.75, 3.05) is 32.8 Å². The highest BCUT2D eigenvalue weighted by Gasteiger charge is 2.31. The number of hydrogen-bond donors (Lipinski definition) is 0. The second-order valence-corrected chi connectivity index (χ2v) is 7.57. The third-order valence-electron chi connectivity index (χ3n) is 6.02. The number of morpholine rings is 1. The lowest BCUT2D eigenvalue weighted by atomic mass is 9.93. The molecule has 2 aliphatic heterocycles. The SMILES string of the molecule is C1CCCC(N2CCCCCCC2N2CCOCC2)CCC1. The fourth-order valence-corrected chi connectivity index (χ4v) is 4.75. The van der Waals surface area contributed by atoms with Gasteiger partial charge in [-0.2, -0.15) is 0 Å². The molecule has 3 fully saturated rings. The van der Waals surface area contributed by atoms with Gasteiger partial charge in [0.25, 0.3) is 0 Å². The minimum atomic E-state index is 0.702. The first-order valence-electron chi connectivity index (χ1n) is 10.0. The molecule has 2 saturated heterocycles. The predicted octanol–water partition coefficient (Wildman–Crippen LogP) is 4.02. The van der Waals surface area contributed by atoms with Crippen LogP contribution in [-0.2, 0) is 4.74 Å².